The Balaban J connectivity index is 0.00000147. The van der Waals surface area contributed by atoms with Crippen LogP contribution in [-0.2, 0) is 5.41 Å². The van der Waals surface area contributed by atoms with Crippen LogP contribution < -0.4 is 0 Å². The van der Waals surface area contributed by atoms with Gasteiger partial charge in [-0.2, -0.15) is 5.26 Å². The van der Waals surface area contributed by atoms with Crippen molar-refractivity contribution in [2.75, 3.05) is 5.88 Å². The molecule has 0 radical (unpaired) electrons. The van der Waals surface area contributed by atoms with Crippen LogP contribution in [0.5, 0.6) is 0 Å². The van der Waals surface area contributed by atoms with E-state index in [4.69, 9.17) is 11.6 Å². The smallest absolute Gasteiger partial charge is 0.108 e. The summed E-state index contributed by atoms with van der Waals surface area (Å²) in [5, 5.41) is 9.84. The van der Waals surface area contributed by atoms with Crippen molar-refractivity contribution in [1.29, 1.82) is 5.26 Å². The third-order valence-electron chi connectivity index (χ3n) is 3.94. The Kier molecular flexibility index (Phi) is 4.38. The molecule has 20 heavy (non-hydrogen) atoms. The third kappa shape index (κ3) is 2.00. The van der Waals surface area contributed by atoms with Gasteiger partial charge in [0.05, 0.1) is 6.07 Å². The van der Waals surface area contributed by atoms with Gasteiger partial charge in [-0.05, 0) is 35.1 Å². The van der Waals surface area contributed by atoms with Crippen LogP contribution >= 0.6 is 24.0 Å². The number of alkyl halides is 1. The predicted molar refractivity (Wildman–Crippen MR) is 85.5 cm³/mol. The Morgan fingerprint density at radius 2 is 1.45 bits per heavy atom. The van der Waals surface area contributed by atoms with Gasteiger partial charge in [0, 0.05) is 5.88 Å². The molecule has 3 heteroatoms. The first-order valence-electron chi connectivity index (χ1n) is 6.50. The predicted octanol–water partition coefficient (Wildman–Crippen LogP) is 4.92. The maximum Gasteiger partial charge on any atom is 0.108 e. The maximum absolute atomic E-state index is 9.84. The zero-order valence-corrected chi connectivity index (χ0v) is 12.5. The summed E-state index contributed by atoms with van der Waals surface area (Å²) >= 11 is 5.84. The molecular formula is C17H15Cl2N. The van der Waals surface area contributed by atoms with Crippen molar-refractivity contribution in [2.45, 2.75) is 18.3 Å². The Bertz CT molecular complexity index is 613. The second kappa shape index (κ2) is 5.87. The molecule has 0 unspecified atom stereocenters. The lowest BCUT2D eigenvalue weighted by Gasteiger charge is -2.23. The maximum atomic E-state index is 9.84. The molecule has 0 heterocycles. The summed E-state index contributed by atoms with van der Waals surface area (Å²) in [6, 6.07) is 19.0. The summed E-state index contributed by atoms with van der Waals surface area (Å²) in [5.74, 6) is 0.591. The number of nitrogens with zero attached hydrogens (tertiary/aromatic N) is 1. The monoisotopic (exact) mass is 303 g/mol. The van der Waals surface area contributed by atoms with Crippen LogP contribution in [0.15, 0.2) is 48.5 Å². The average Bonchev–Trinajstić information content (AvgIpc) is 2.77. The van der Waals surface area contributed by atoms with Crippen molar-refractivity contribution in [3.63, 3.8) is 0 Å². The van der Waals surface area contributed by atoms with E-state index in [0.29, 0.717) is 5.88 Å². The Hall–Kier alpha value is -1.49. The lowest BCUT2D eigenvalue weighted by Crippen LogP contribution is -2.23. The van der Waals surface area contributed by atoms with E-state index in [-0.39, 0.29) is 12.4 Å². The van der Waals surface area contributed by atoms with E-state index < -0.39 is 5.41 Å². The summed E-state index contributed by atoms with van der Waals surface area (Å²) in [6.45, 7) is 0. The highest BCUT2D eigenvalue weighted by Gasteiger charge is 2.42. The fraction of sp³-hybridized carbons (Fsp3) is 0.235. The SMILES string of the molecule is Cl.N#CC1(CCCCl)c2ccccc2-c2ccccc21. The molecule has 1 aliphatic rings. The van der Waals surface area contributed by atoms with E-state index >= 15 is 0 Å². The molecule has 0 atom stereocenters. The number of hydrogen-bond donors (Lipinski definition) is 0. The Labute approximate surface area is 130 Å². The molecule has 0 spiro atoms. The molecule has 0 amide bonds. The van der Waals surface area contributed by atoms with Gasteiger partial charge in [0.15, 0.2) is 0 Å². The molecule has 0 bridgehead atoms. The molecule has 1 nitrogen and oxygen atoms in total. The van der Waals surface area contributed by atoms with Crippen LogP contribution in [0.4, 0.5) is 0 Å². The van der Waals surface area contributed by atoms with Gasteiger partial charge in [0.1, 0.15) is 5.41 Å². The third-order valence-corrected chi connectivity index (χ3v) is 4.21. The standard InChI is InChI=1S/C17H14ClN.ClH/c18-11-5-10-17(12-19)15-8-3-1-6-13(15)14-7-2-4-9-16(14)17;/h1-4,6-9H,5,10-11H2;1H. The minimum Gasteiger partial charge on any atom is -0.197 e. The van der Waals surface area contributed by atoms with Crippen molar-refractivity contribution in [2.24, 2.45) is 0 Å². The van der Waals surface area contributed by atoms with Crippen LogP contribution in [0.1, 0.15) is 24.0 Å². The van der Waals surface area contributed by atoms with Gasteiger partial charge in [-0.3, -0.25) is 0 Å². The summed E-state index contributed by atoms with van der Waals surface area (Å²) in [7, 11) is 0. The summed E-state index contributed by atoms with van der Waals surface area (Å²) in [6.07, 6.45) is 1.62. The van der Waals surface area contributed by atoms with Gasteiger partial charge in [-0.1, -0.05) is 48.5 Å². The van der Waals surface area contributed by atoms with Crippen molar-refractivity contribution < 1.29 is 0 Å². The van der Waals surface area contributed by atoms with Crippen molar-refractivity contribution in [3.8, 4) is 17.2 Å². The molecule has 0 aromatic heterocycles. The minimum atomic E-state index is -0.526. The molecule has 0 saturated carbocycles. The van der Waals surface area contributed by atoms with E-state index in [1.807, 2.05) is 24.3 Å². The van der Waals surface area contributed by atoms with Gasteiger partial charge >= 0.3 is 0 Å². The highest BCUT2D eigenvalue weighted by atomic mass is 35.5. The lowest BCUT2D eigenvalue weighted by atomic mass is 9.76. The normalized spacial score (nSPS) is 13.8. The Morgan fingerprint density at radius 1 is 0.950 bits per heavy atom. The molecule has 0 aliphatic heterocycles. The van der Waals surface area contributed by atoms with E-state index in [0.717, 1.165) is 24.0 Å². The number of benzene rings is 2. The van der Waals surface area contributed by atoms with E-state index in [9.17, 15) is 5.26 Å². The second-order valence-corrected chi connectivity index (χ2v) is 5.28. The van der Waals surface area contributed by atoms with Crippen LogP contribution in [0.25, 0.3) is 11.1 Å². The van der Waals surface area contributed by atoms with Crippen molar-refractivity contribution in [3.05, 3.63) is 59.7 Å². The van der Waals surface area contributed by atoms with Gasteiger partial charge < -0.3 is 0 Å². The van der Waals surface area contributed by atoms with E-state index in [2.05, 4.69) is 30.3 Å². The molecule has 2 aromatic carbocycles. The first kappa shape index (κ1) is 14.9. The summed E-state index contributed by atoms with van der Waals surface area (Å²) in [4.78, 5) is 0. The topological polar surface area (TPSA) is 23.8 Å². The average molecular weight is 304 g/mol. The molecule has 1 aliphatic carbocycles. The molecule has 3 rings (SSSR count). The summed E-state index contributed by atoms with van der Waals surface area (Å²) in [5.41, 5.74) is 4.11. The number of nitriles is 1. The summed E-state index contributed by atoms with van der Waals surface area (Å²) < 4.78 is 0. The van der Waals surface area contributed by atoms with Crippen LogP contribution in [0.2, 0.25) is 0 Å². The molecule has 0 N–H and O–H groups in total. The molecule has 102 valence electrons. The zero-order valence-electron chi connectivity index (χ0n) is 11.0. The fourth-order valence-electron chi connectivity index (χ4n) is 3.10. The fourth-order valence-corrected chi connectivity index (χ4v) is 3.24. The van der Waals surface area contributed by atoms with Crippen LogP contribution in [0.3, 0.4) is 0 Å². The highest BCUT2D eigenvalue weighted by molar-refractivity contribution is 6.17. The van der Waals surface area contributed by atoms with Crippen LogP contribution in [-0.4, -0.2) is 5.88 Å². The lowest BCUT2D eigenvalue weighted by molar-refractivity contribution is 0.597. The molecule has 0 saturated heterocycles. The van der Waals surface area contributed by atoms with Crippen LogP contribution in [0, 0.1) is 11.3 Å². The second-order valence-electron chi connectivity index (χ2n) is 4.90. The first-order valence-corrected chi connectivity index (χ1v) is 7.03. The van der Waals surface area contributed by atoms with Crippen molar-refractivity contribution >= 4 is 24.0 Å². The number of rotatable bonds is 3. The van der Waals surface area contributed by atoms with Crippen molar-refractivity contribution in [1.82, 2.24) is 0 Å². The number of hydrogen-bond acceptors (Lipinski definition) is 1. The van der Waals surface area contributed by atoms with Gasteiger partial charge in [-0.15, -0.1) is 24.0 Å². The molecule has 2 aromatic rings. The number of halogens is 2. The Morgan fingerprint density at radius 3 is 1.90 bits per heavy atom. The van der Waals surface area contributed by atoms with Gasteiger partial charge in [0.2, 0.25) is 0 Å². The highest BCUT2D eigenvalue weighted by Crippen LogP contribution is 2.50. The number of fused-ring (bicyclic) bond motifs is 3. The minimum absolute atomic E-state index is 0. The zero-order chi connectivity index (χ0) is 13.3. The van der Waals surface area contributed by atoms with Gasteiger partial charge in [-0.25, -0.2) is 0 Å². The van der Waals surface area contributed by atoms with Gasteiger partial charge in [0.25, 0.3) is 0 Å². The van der Waals surface area contributed by atoms with E-state index in [1.54, 1.807) is 0 Å². The first-order chi connectivity index (χ1) is 9.33. The molecule has 0 fully saturated rings. The quantitative estimate of drug-likeness (QED) is 0.739. The van der Waals surface area contributed by atoms with E-state index in [1.165, 1.54) is 11.1 Å². The molecular weight excluding hydrogens is 289 g/mol. The largest absolute Gasteiger partial charge is 0.197 e.